The van der Waals surface area contributed by atoms with Gasteiger partial charge in [-0.15, -0.1) is 0 Å². The van der Waals surface area contributed by atoms with Gasteiger partial charge in [0.1, 0.15) is 0 Å². The van der Waals surface area contributed by atoms with Crippen LogP contribution in [-0.4, -0.2) is 25.0 Å². The van der Waals surface area contributed by atoms with E-state index in [4.69, 9.17) is 11.6 Å². The topological polar surface area (TPSA) is 32.3 Å². The molecule has 1 amide bonds. The summed E-state index contributed by atoms with van der Waals surface area (Å²) in [5.74, 6) is -0.165. The van der Waals surface area contributed by atoms with E-state index in [0.717, 1.165) is 11.1 Å². The molecule has 1 aromatic carbocycles. The Morgan fingerprint density at radius 3 is 2.69 bits per heavy atom. The van der Waals surface area contributed by atoms with Crippen molar-refractivity contribution in [1.29, 1.82) is 0 Å². The number of amides is 1. The highest BCUT2D eigenvalue weighted by molar-refractivity contribution is 6.31. The summed E-state index contributed by atoms with van der Waals surface area (Å²) in [6, 6.07) is 5.67. The van der Waals surface area contributed by atoms with Gasteiger partial charge >= 0.3 is 0 Å². The fraction of sp³-hybridized carbons (Fsp3) is 0.250. The number of rotatable bonds is 3. The highest BCUT2D eigenvalue weighted by atomic mass is 35.5. The van der Waals surface area contributed by atoms with Gasteiger partial charge in [0.15, 0.2) is 0 Å². The minimum Gasteiger partial charge on any atom is -0.286 e. The molecule has 86 valence electrons. The second-order valence-electron chi connectivity index (χ2n) is 3.71. The highest BCUT2D eigenvalue weighted by Gasteiger charge is 1.97. The average molecular weight is 239 g/mol. The molecule has 4 heteroatoms. The normalized spacial score (nSPS) is 11.1. The fourth-order valence-corrected chi connectivity index (χ4v) is 1.33. The van der Waals surface area contributed by atoms with Gasteiger partial charge in [-0.05, 0) is 30.2 Å². The van der Waals surface area contributed by atoms with E-state index in [1.807, 2.05) is 25.1 Å². The maximum atomic E-state index is 11.3. The van der Waals surface area contributed by atoms with Crippen molar-refractivity contribution in [3.8, 4) is 0 Å². The molecule has 0 aliphatic heterocycles. The number of halogens is 1. The molecular formula is C12H15ClN2O. The van der Waals surface area contributed by atoms with Crippen LogP contribution in [0.3, 0.4) is 0 Å². The predicted octanol–water partition coefficient (Wildman–Crippen LogP) is 2.25. The number of hydrazine groups is 1. The molecule has 0 aromatic heterocycles. The van der Waals surface area contributed by atoms with Gasteiger partial charge in [-0.25, -0.2) is 5.01 Å². The minimum absolute atomic E-state index is 0.165. The number of nitrogens with one attached hydrogen (secondary N) is 1. The highest BCUT2D eigenvalue weighted by Crippen LogP contribution is 2.17. The lowest BCUT2D eigenvalue weighted by Crippen LogP contribution is -2.34. The molecule has 0 bridgehead atoms. The Labute approximate surface area is 101 Å². The van der Waals surface area contributed by atoms with Crippen LogP contribution in [0.4, 0.5) is 0 Å². The van der Waals surface area contributed by atoms with Crippen molar-refractivity contribution in [1.82, 2.24) is 10.4 Å². The molecule has 0 aliphatic carbocycles. The second-order valence-corrected chi connectivity index (χ2v) is 4.12. The number of nitrogens with zero attached hydrogens (tertiary/aromatic N) is 1. The summed E-state index contributed by atoms with van der Waals surface area (Å²) in [7, 11) is 3.52. The number of hydrogen-bond donors (Lipinski definition) is 1. The molecule has 1 rings (SSSR count). The first-order chi connectivity index (χ1) is 7.49. The number of benzene rings is 1. The van der Waals surface area contributed by atoms with E-state index in [2.05, 4.69) is 5.43 Å². The van der Waals surface area contributed by atoms with Crippen LogP contribution in [0.25, 0.3) is 6.08 Å². The third-order valence-corrected chi connectivity index (χ3v) is 2.36. The molecule has 0 radical (unpaired) electrons. The van der Waals surface area contributed by atoms with E-state index >= 15 is 0 Å². The molecule has 0 saturated heterocycles. The number of hydrogen-bond acceptors (Lipinski definition) is 2. The van der Waals surface area contributed by atoms with Gasteiger partial charge in [-0.2, -0.15) is 0 Å². The van der Waals surface area contributed by atoms with E-state index in [9.17, 15) is 4.79 Å². The van der Waals surface area contributed by atoms with Crippen LogP contribution in [0.2, 0.25) is 5.02 Å². The molecular weight excluding hydrogens is 224 g/mol. The van der Waals surface area contributed by atoms with E-state index in [0.29, 0.717) is 5.02 Å². The van der Waals surface area contributed by atoms with Gasteiger partial charge in [0.2, 0.25) is 0 Å². The SMILES string of the molecule is Cc1ccc(/C=C/C(=O)NN(C)C)cc1Cl. The Bertz CT molecular complexity index is 413. The summed E-state index contributed by atoms with van der Waals surface area (Å²) in [6.07, 6.45) is 3.20. The largest absolute Gasteiger partial charge is 0.286 e. The van der Waals surface area contributed by atoms with E-state index < -0.39 is 0 Å². The summed E-state index contributed by atoms with van der Waals surface area (Å²) in [4.78, 5) is 11.3. The maximum Gasteiger partial charge on any atom is 0.258 e. The zero-order valence-corrected chi connectivity index (χ0v) is 10.4. The lowest BCUT2D eigenvalue weighted by atomic mass is 10.1. The Hall–Kier alpha value is -1.32. The Morgan fingerprint density at radius 2 is 2.12 bits per heavy atom. The predicted molar refractivity (Wildman–Crippen MR) is 67.1 cm³/mol. The Morgan fingerprint density at radius 1 is 1.44 bits per heavy atom. The van der Waals surface area contributed by atoms with Crippen LogP contribution in [0, 0.1) is 6.92 Å². The first kappa shape index (κ1) is 12.7. The Balaban J connectivity index is 2.69. The molecule has 0 spiro atoms. The molecule has 1 N–H and O–H groups in total. The van der Waals surface area contributed by atoms with Crippen molar-refractivity contribution >= 4 is 23.6 Å². The van der Waals surface area contributed by atoms with Crippen LogP contribution >= 0.6 is 11.6 Å². The molecule has 0 atom stereocenters. The third kappa shape index (κ3) is 4.04. The van der Waals surface area contributed by atoms with Crippen molar-refractivity contribution in [2.75, 3.05) is 14.1 Å². The monoisotopic (exact) mass is 238 g/mol. The van der Waals surface area contributed by atoms with Crippen molar-refractivity contribution in [2.45, 2.75) is 6.92 Å². The van der Waals surface area contributed by atoms with Crippen molar-refractivity contribution in [3.05, 3.63) is 40.4 Å². The van der Waals surface area contributed by atoms with Crippen molar-refractivity contribution in [3.63, 3.8) is 0 Å². The van der Waals surface area contributed by atoms with E-state index in [1.54, 1.807) is 25.2 Å². The zero-order valence-electron chi connectivity index (χ0n) is 9.62. The van der Waals surface area contributed by atoms with Crippen LogP contribution < -0.4 is 5.43 Å². The van der Waals surface area contributed by atoms with E-state index in [1.165, 1.54) is 6.08 Å². The summed E-state index contributed by atoms with van der Waals surface area (Å²) in [5, 5.41) is 2.30. The number of carbonyl (C=O) groups is 1. The summed E-state index contributed by atoms with van der Waals surface area (Å²) >= 11 is 5.97. The Kier molecular flexibility index (Phi) is 4.52. The molecule has 0 fully saturated rings. The van der Waals surface area contributed by atoms with E-state index in [-0.39, 0.29) is 5.91 Å². The molecule has 0 saturated carbocycles. The number of aryl methyl sites for hydroxylation is 1. The average Bonchev–Trinajstić information content (AvgIpc) is 2.19. The second kappa shape index (κ2) is 5.68. The van der Waals surface area contributed by atoms with Gasteiger partial charge in [0.05, 0.1) is 0 Å². The van der Waals surface area contributed by atoms with Gasteiger partial charge in [0.25, 0.3) is 5.91 Å². The third-order valence-electron chi connectivity index (χ3n) is 1.96. The summed E-state index contributed by atoms with van der Waals surface area (Å²) in [5.41, 5.74) is 4.55. The molecule has 0 aliphatic rings. The van der Waals surface area contributed by atoms with Crippen molar-refractivity contribution < 1.29 is 4.79 Å². The van der Waals surface area contributed by atoms with Crippen LogP contribution in [0.15, 0.2) is 24.3 Å². The standard InChI is InChI=1S/C12H15ClN2O/c1-9-4-5-10(8-11(9)13)6-7-12(16)14-15(2)3/h4-8H,1-3H3,(H,14,16)/b7-6+. The minimum atomic E-state index is -0.165. The van der Waals surface area contributed by atoms with Crippen LogP contribution in [0.5, 0.6) is 0 Å². The molecule has 1 aromatic rings. The first-order valence-electron chi connectivity index (χ1n) is 4.91. The summed E-state index contributed by atoms with van der Waals surface area (Å²) < 4.78 is 0. The van der Waals surface area contributed by atoms with Gasteiger partial charge < -0.3 is 0 Å². The fourth-order valence-electron chi connectivity index (χ4n) is 1.14. The maximum absolute atomic E-state index is 11.3. The van der Waals surface area contributed by atoms with Crippen LogP contribution in [0.1, 0.15) is 11.1 Å². The van der Waals surface area contributed by atoms with Gasteiger partial charge in [0, 0.05) is 25.2 Å². The summed E-state index contributed by atoms with van der Waals surface area (Å²) in [6.45, 7) is 1.94. The van der Waals surface area contributed by atoms with Crippen molar-refractivity contribution in [2.24, 2.45) is 0 Å². The molecule has 0 unspecified atom stereocenters. The quantitative estimate of drug-likeness (QED) is 0.647. The molecule has 16 heavy (non-hydrogen) atoms. The molecule has 0 heterocycles. The lowest BCUT2D eigenvalue weighted by Gasteiger charge is -2.08. The van der Waals surface area contributed by atoms with Gasteiger partial charge in [-0.1, -0.05) is 23.7 Å². The molecule has 3 nitrogen and oxygen atoms in total. The number of carbonyl (C=O) groups excluding carboxylic acids is 1. The van der Waals surface area contributed by atoms with Gasteiger partial charge in [-0.3, -0.25) is 10.2 Å². The van der Waals surface area contributed by atoms with Crippen LogP contribution in [-0.2, 0) is 4.79 Å². The smallest absolute Gasteiger partial charge is 0.258 e. The first-order valence-corrected chi connectivity index (χ1v) is 5.29. The zero-order chi connectivity index (χ0) is 12.1. The lowest BCUT2D eigenvalue weighted by molar-refractivity contribution is -0.119.